The molecule has 0 amide bonds. The molecule has 1 N–H and O–H groups in total. The molecule has 2 rings (SSSR count). The summed E-state index contributed by atoms with van der Waals surface area (Å²) >= 11 is 7.59. The highest BCUT2D eigenvalue weighted by atomic mass is 35.5. The lowest BCUT2D eigenvalue weighted by molar-refractivity contribution is 0.619. The molecule has 106 valence electrons. The number of halogens is 2. The van der Waals surface area contributed by atoms with Crippen molar-refractivity contribution < 1.29 is 4.39 Å². The molecule has 0 aliphatic heterocycles. The molecule has 0 aromatic heterocycles. The number of nitrogens with one attached hydrogen (secondary N) is 1. The van der Waals surface area contributed by atoms with Crippen LogP contribution in [0.25, 0.3) is 0 Å². The molecular formula is C16H17ClFNS. The van der Waals surface area contributed by atoms with Crippen molar-refractivity contribution in [2.45, 2.75) is 24.1 Å². The lowest BCUT2D eigenvalue weighted by Gasteiger charge is -2.10. The van der Waals surface area contributed by atoms with Crippen molar-refractivity contribution in [2.24, 2.45) is 0 Å². The molecule has 2 aromatic carbocycles. The largest absolute Gasteiger partial charge is 0.313 e. The minimum absolute atomic E-state index is 0.186. The zero-order valence-corrected chi connectivity index (χ0v) is 12.9. The molecule has 0 heterocycles. The van der Waals surface area contributed by atoms with E-state index in [1.54, 1.807) is 17.8 Å². The summed E-state index contributed by atoms with van der Waals surface area (Å²) in [5.41, 5.74) is 2.21. The maximum Gasteiger partial charge on any atom is 0.123 e. The first kappa shape index (κ1) is 15.4. The molecule has 0 unspecified atom stereocenters. The van der Waals surface area contributed by atoms with Crippen molar-refractivity contribution in [3.63, 3.8) is 0 Å². The van der Waals surface area contributed by atoms with Crippen molar-refractivity contribution in [3.05, 3.63) is 64.4 Å². The van der Waals surface area contributed by atoms with E-state index in [4.69, 9.17) is 11.6 Å². The molecule has 1 nitrogen and oxygen atoms in total. The average molecular weight is 310 g/mol. The first-order valence-electron chi connectivity index (χ1n) is 6.55. The topological polar surface area (TPSA) is 12.0 Å². The average Bonchev–Trinajstić information content (AvgIpc) is 2.46. The lowest BCUT2D eigenvalue weighted by atomic mass is 10.2. The second-order valence-electron chi connectivity index (χ2n) is 4.45. The first-order chi connectivity index (χ1) is 9.69. The van der Waals surface area contributed by atoms with Crippen LogP contribution in [0, 0.1) is 5.82 Å². The van der Waals surface area contributed by atoms with E-state index in [9.17, 15) is 4.39 Å². The Morgan fingerprint density at radius 2 is 1.90 bits per heavy atom. The molecule has 0 saturated heterocycles. The predicted molar refractivity (Wildman–Crippen MR) is 84.8 cm³/mol. The molecule has 0 aliphatic rings. The number of rotatable bonds is 6. The summed E-state index contributed by atoms with van der Waals surface area (Å²) in [6.07, 6.45) is 0. The summed E-state index contributed by atoms with van der Waals surface area (Å²) in [7, 11) is 0. The monoisotopic (exact) mass is 309 g/mol. The quantitative estimate of drug-likeness (QED) is 0.763. The number of benzene rings is 2. The Kier molecular flexibility index (Phi) is 5.89. The van der Waals surface area contributed by atoms with Gasteiger partial charge in [0.1, 0.15) is 5.82 Å². The van der Waals surface area contributed by atoms with Gasteiger partial charge in [-0.25, -0.2) is 4.39 Å². The van der Waals surface area contributed by atoms with E-state index in [1.165, 1.54) is 11.6 Å². The molecule has 0 fully saturated rings. The Bertz CT molecular complexity index is 557. The number of thioether (sulfide) groups is 1. The van der Waals surface area contributed by atoms with Crippen LogP contribution in [0.1, 0.15) is 18.1 Å². The molecule has 0 aliphatic carbocycles. The van der Waals surface area contributed by atoms with Gasteiger partial charge in [0, 0.05) is 22.2 Å². The van der Waals surface area contributed by atoms with Gasteiger partial charge in [0.25, 0.3) is 0 Å². The number of hydrogen-bond acceptors (Lipinski definition) is 2. The molecule has 4 heteroatoms. The molecule has 2 aromatic rings. The smallest absolute Gasteiger partial charge is 0.123 e. The van der Waals surface area contributed by atoms with Crippen LogP contribution in [0.5, 0.6) is 0 Å². The van der Waals surface area contributed by atoms with Gasteiger partial charge >= 0.3 is 0 Å². The van der Waals surface area contributed by atoms with E-state index in [2.05, 4.69) is 5.32 Å². The van der Waals surface area contributed by atoms with Gasteiger partial charge in [0.2, 0.25) is 0 Å². The molecule has 0 atom stereocenters. The Morgan fingerprint density at radius 1 is 1.15 bits per heavy atom. The molecule has 0 saturated carbocycles. The zero-order chi connectivity index (χ0) is 14.4. The van der Waals surface area contributed by atoms with Crippen molar-refractivity contribution in [3.8, 4) is 0 Å². The Labute approximate surface area is 128 Å². The van der Waals surface area contributed by atoms with Gasteiger partial charge in [-0.05, 0) is 48.0 Å². The highest BCUT2D eigenvalue weighted by Crippen LogP contribution is 2.27. The lowest BCUT2D eigenvalue weighted by Crippen LogP contribution is -2.12. The fraction of sp³-hybridized carbons (Fsp3) is 0.250. The van der Waals surface area contributed by atoms with E-state index in [1.807, 2.05) is 37.3 Å². The van der Waals surface area contributed by atoms with Gasteiger partial charge < -0.3 is 5.32 Å². The second kappa shape index (κ2) is 7.67. The van der Waals surface area contributed by atoms with E-state index in [0.29, 0.717) is 6.54 Å². The summed E-state index contributed by atoms with van der Waals surface area (Å²) in [6.45, 7) is 3.61. The number of hydrogen-bond donors (Lipinski definition) is 1. The summed E-state index contributed by atoms with van der Waals surface area (Å²) in [6, 6.07) is 12.8. The Morgan fingerprint density at radius 3 is 2.60 bits per heavy atom. The van der Waals surface area contributed by atoms with Crippen LogP contribution >= 0.6 is 23.4 Å². The summed E-state index contributed by atoms with van der Waals surface area (Å²) in [4.78, 5) is 1.11. The second-order valence-corrected chi connectivity index (χ2v) is 5.90. The fourth-order valence-corrected chi connectivity index (χ4v) is 2.95. The third-order valence-electron chi connectivity index (χ3n) is 2.90. The van der Waals surface area contributed by atoms with Crippen LogP contribution in [0.4, 0.5) is 4.39 Å². The minimum atomic E-state index is -0.186. The zero-order valence-electron chi connectivity index (χ0n) is 11.3. The fourth-order valence-electron chi connectivity index (χ4n) is 1.83. The molecular weight excluding hydrogens is 293 g/mol. The third kappa shape index (κ3) is 4.51. The van der Waals surface area contributed by atoms with Crippen molar-refractivity contribution in [1.82, 2.24) is 5.32 Å². The first-order valence-corrected chi connectivity index (χ1v) is 7.92. The maximum atomic E-state index is 13.3. The van der Waals surface area contributed by atoms with E-state index < -0.39 is 0 Å². The Balaban J connectivity index is 2.06. The molecule has 20 heavy (non-hydrogen) atoms. The summed E-state index contributed by atoms with van der Waals surface area (Å²) in [5.74, 6) is 0.663. The van der Waals surface area contributed by atoms with Crippen LogP contribution in [-0.4, -0.2) is 6.54 Å². The summed E-state index contributed by atoms with van der Waals surface area (Å²) in [5, 5.41) is 3.98. The van der Waals surface area contributed by atoms with Crippen LogP contribution < -0.4 is 5.32 Å². The van der Waals surface area contributed by atoms with E-state index in [0.717, 1.165) is 27.8 Å². The van der Waals surface area contributed by atoms with Crippen LogP contribution in [0.2, 0.25) is 5.02 Å². The van der Waals surface area contributed by atoms with Crippen molar-refractivity contribution >= 4 is 23.4 Å². The van der Waals surface area contributed by atoms with Gasteiger partial charge in [0.15, 0.2) is 0 Å². The highest BCUT2D eigenvalue weighted by molar-refractivity contribution is 7.98. The van der Waals surface area contributed by atoms with Crippen molar-refractivity contribution in [1.29, 1.82) is 0 Å². The highest BCUT2D eigenvalue weighted by Gasteiger charge is 2.05. The normalized spacial score (nSPS) is 10.8. The maximum absolute atomic E-state index is 13.3. The van der Waals surface area contributed by atoms with Gasteiger partial charge in [-0.1, -0.05) is 30.7 Å². The van der Waals surface area contributed by atoms with Gasteiger partial charge in [-0.3, -0.25) is 0 Å². The van der Waals surface area contributed by atoms with Gasteiger partial charge in [-0.2, -0.15) is 0 Å². The molecule has 0 bridgehead atoms. The SMILES string of the molecule is CCNCc1cc(F)ccc1SCc1ccc(Cl)cc1. The summed E-state index contributed by atoms with van der Waals surface area (Å²) < 4.78 is 13.3. The predicted octanol–water partition coefficient (Wildman–Crippen LogP) is 4.88. The molecule has 0 radical (unpaired) electrons. The van der Waals surface area contributed by atoms with Crippen molar-refractivity contribution in [2.75, 3.05) is 6.54 Å². The third-order valence-corrected chi connectivity index (χ3v) is 4.33. The van der Waals surface area contributed by atoms with Gasteiger partial charge in [-0.15, -0.1) is 11.8 Å². The van der Waals surface area contributed by atoms with E-state index >= 15 is 0 Å². The van der Waals surface area contributed by atoms with Crippen LogP contribution in [0.15, 0.2) is 47.4 Å². The Hall–Kier alpha value is -1.03. The van der Waals surface area contributed by atoms with Crippen LogP contribution in [-0.2, 0) is 12.3 Å². The standard InChI is InChI=1S/C16H17ClFNS/c1-2-19-10-13-9-15(18)7-8-16(13)20-11-12-3-5-14(17)6-4-12/h3-9,19H,2,10-11H2,1H3. The minimum Gasteiger partial charge on any atom is -0.313 e. The van der Waals surface area contributed by atoms with Crippen LogP contribution in [0.3, 0.4) is 0 Å². The van der Waals surface area contributed by atoms with Gasteiger partial charge in [0.05, 0.1) is 0 Å². The molecule has 0 spiro atoms. The van der Waals surface area contributed by atoms with E-state index in [-0.39, 0.29) is 5.82 Å².